The van der Waals surface area contributed by atoms with Crippen LogP contribution in [0.2, 0.25) is 0 Å². The first kappa shape index (κ1) is 43.9. The van der Waals surface area contributed by atoms with Crippen LogP contribution in [0.1, 0.15) is 74.1 Å². The van der Waals surface area contributed by atoms with Crippen LogP contribution in [-0.4, -0.2) is 136 Å². The number of hydrogen-bond donors (Lipinski definition) is 6. The number of imide groups is 1. The van der Waals surface area contributed by atoms with Gasteiger partial charge in [-0.15, -0.1) is 0 Å². The van der Waals surface area contributed by atoms with Crippen molar-refractivity contribution in [3.63, 3.8) is 0 Å². The summed E-state index contributed by atoms with van der Waals surface area (Å²) in [7, 11) is 4.78. The van der Waals surface area contributed by atoms with E-state index in [2.05, 4.69) is 10.6 Å². The molecule has 0 heterocycles. The number of aliphatic carboxylic acids is 1. The molecular formula is C32H56N6O10. The zero-order valence-corrected chi connectivity index (χ0v) is 30.1. The number of rotatable bonds is 18. The molecule has 0 aromatic heterocycles. The normalized spacial score (nSPS) is 15.4. The van der Waals surface area contributed by atoms with Crippen LogP contribution in [0, 0.1) is 11.8 Å². The highest BCUT2D eigenvalue weighted by Crippen LogP contribution is 2.20. The number of urea groups is 1. The largest absolute Gasteiger partial charge is 0.479 e. The Bertz CT molecular complexity index is 1180. The number of aliphatic hydroxyl groups excluding tert-OH is 1. The number of carbonyl (C=O) groups excluding carboxylic acids is 6. The van der Waals surface area contributed by atoms with Crippen molar-refractivity contribution in [2.75, 3.05) is 28.2 Å². The number of allylic oxidation sites excluding steroid dienone is 2. The lowest BCUT2D eigenvalue weighted by Crippen LogP contribution is -2.62. The number of nitrogens with zero attached hydrogens (tertiary/aromatic N) is 3. The molecule has 7 amide bonds. The molecule has 0 bridgehead atoms. The van der Waals surface area contributed by atoms with E-state index >= 15 is 0 Å². The molecule has 0 fully saturated rings. The smallest absolute Gasteiger partial charge is 0.336 e. The zero-order valence-electron chi connectivity index (χ0n) is 30.1. The molecule has 48 heavy (non-hydrogen) atoms. The van der Waals surface area contributed by atoms with Gasteiger partial charge < -0.3 is 40.7 Å². The Hall–Kier alpha value is -4.05. The van der Waals surface area contributed by atoms with Crippen molar-refractivity contribution < 1.29 is 48.9 Å². The zero-order chi connectivity index (χ0) is 37.7. The second kappa shape index (κ2) is 19.7. The minimum atomic E-state index is -2.18. The summed E-state index contributed by atoms with van der Waals surface area (Å²) in [5.41, 5.74) is -1.54. The van der Waals surface area contributed by atoms with E-state index in [9.17, 15) is 48.9 Å². The van der Waals surface area contributed by atoms with Gasteiger partial charge in [-0.1, -0.05) is 39.8 Å². The van der Waals surface area contributed by atoms with Crippen molar-refractivity contribution in [1.82, 2.24) is 30.7 Å². The van der Waals surface area contributed by atoms with Gasteiger partial charge in [-0.25, -0.2) is 9.59 Å². The fraction of sp³-hybridized carbons (Fsp3) is 0.719. The van der Waals surface area contributed by atoms with E-state index in [4.69, 9.17) is 0 Å². The third-order valence-corrected chi connectivity index (χ3v) is 7.81. The molecule has 274 valence electrons. The molecule has 16 heteroatoms. The van der Waals surface area contributed by atoms with Crippen molar-refractivity contribution in [3.8, 4) is 0 Å². The summed E-state index contributed by atoms with van der Waals surface area (Å²) in [6.45, 7) is 11.4. The second-order valence-electron chi connectivity index (χ2n) is 13.0. The molecule has 0 saturated carbocycles. The summed E-state index contributed by atoms with van der Waals surface area (Å²) in [4.78, 5) is 93.5. The van der Waals surface area contributed by atoms with Gasteiger partial charge in [0, 0.05) is 41.0 Å². The lowest BCUT2D eigenvalue weighted by atomic mass is 9.92. The van der Waals surface area contributed by atoms with E-state index < -0.39 is 89.7 Å². The van der Waals surface area contributed by atoms with Crippen LogP contribution in [0.25, 0.3) is 0 Å². The first-order valence-electron chi connectivity index (χ1n) is 15.9. The highest BCUT2D eigenvalue weighted by Gasteiger charge is 2.43. The molecular weight excluding hydrogens is 628 g/mol. The summed E-state index contributed by atoms with van der Waals surface area (Å²) in [6.07, 6.45) is 2.31. The van der Waals surface area contributed by atoms with Crippen LogP contribution in [0.3, 0.4) is 0 Å². The van der Waals surface area contributed by atoms with Crippen LogP contribution in [0.5, 0.6) is 0 Å². The number of carboxylic acid groups (broad SMARTS) is 1. The van der Waals surface area contributed by atoms with E-state index in [0.717, 1.165) is 23.9 Å². The van der Waals surface area contributed by atoms with Crippen LogP contribution < -0.4 is 16.0 Å². The Morgan fingerprint density at radius 2 is 1.46 bits per heavy atom. The average Bonchev–Trinajstić information content (AvgIpc) is 2.99. The molecule has 0 spiro atoms. The SMILES string of the molecule is C/C=C/C[C@@H](C)[C@@H](O)[C@@H](C(=O)N[C@@H](CC)C(=O)N(C)C(C(=O)O)C(=O)N(C)[C@@H](CC(C)(C)O)C(=O)NC(=O)NC)N(C)C(=O)CC(C)C. The number of carbonyl (C=O) groups is 7. The van der Waals surface area contributed by atoms with Crippen LogP contribution in [-0.2, 0) is 28.8 Å². The van der Waals surface area contributed by atoms with Crippen molar-refractivity contribution >= 4 is 41.5 Å². The van der Waals surface area contributed by atoms with Gasteiger partial charge in [0.1, 0.15) is 18.1 Å². The third-order valence-electron chi connectivity index (χ3n) is 7.81. The second-order valence-corrected chi connectivity index (χ2v) is 13.0. The third kappa shape index (κ3) is 13.2. The van der Waals surface area contributed by atoms with Gasteiger partial charge in [0.05, 0.1) is 11.7 Å². The van der Waals surface area contributed by atoms with Crippen molar-refractivity contribution in [2.45, 2.75) is 110 Å². The van der Waals surface area contributed by atoms with Gasteiger partial charge in [-0.3, -0.25) is 29.3 Å². The molecule has 0 aromatic rings. The molecule has 0 aliphatic heterocycles. The lowest BCUT2D eigenvalue weighted by Gasteiger charge is -2.36. The summed E-state index contributed by atoms with van der Waals surface area (Å²) < 4.78 is 0. The molecule has 6 N–H and O–H groups in total. The minimum Gasteiger partial charge on any atom is -0.479 e. The highest BCUT2D eigenvalue weighted by atomic mass is 16.4. The number of likely N-dealkylation sites (N-methyl/N-ethyl adjacent to an activating group) is 3. The fourth-order valence-electron chi connectivity index (χ4n) is 4.90. The maximum Gasteiger partial charge on any atom is 0.336 e. The van der Waals surface area contributed by atoms with E-state index in [1.54, 1.807) is 26.0 Å². The molecule has 0 aromatic carbocycles. The Morgan fingerprint density at radius 1 is 0.896 bits per heavy atom. The molecule has 0 saturated heterocycles. The Labute approximate surface area is 283 Å². The fourth-order valence-corrected chi connectivity index (χ4v) is 4.90. The van der Waals surface area contributed by atoms with Crippen molar-refractivity contribution in [1.29, 1.82) is 0 Å². The monoisotopic (exact) mass is 684 g/mol. The molecule has 16 nitrogen and oxygen atoms in total. The van der Waals surface area contributed by atoms with E-state index in [0.29, 0.717) is 11.3 Å². The van der Waals surface area contributed by atoms with Gasteiger partial charge in [-0.2, -0.15) is 0 Å². The average molecular weight is 685 g/mol. The highest BCUT2D eigenvalue weighted by molar-refractivity contribution is 6.07. The van der Waals surface area contributed by atoms with Gasteiger partial charge in [0.15, 0.2) is 0 Å². The topological polar surface area (TPSA) is 226 Å². The number of aliphatic hydroxyl groups is 2. The summed E-state index contributed by atoms with van der Waals surface area (Å²) >= 11 is 0. The maximum absolute atomic E-state index is 13.7. The number of carboxylic acids is 1. The van der Waals surface area contributed by atoms with Gasteiger partial charge in [0.25, 0.3) is 11.8 Å². The molecule has 6 atom stereocenters. The van der Waals surface area contributed by atoms with Gasteiger partial charge in [-0.05, 0) is 45.4 Å². The summed E-state index contributed by atoms with van der Waals surface area (Å²) in [5, 5.41) is 38.4. The first-order valence-corrected chi connectivity index (χ1v) is 15.9. The lowest BCUT2D eigenvalue weighted by molar-refractivity contribution is -0.160. The van der Waals surface area contributed by atoms with E-state index in [1.165, 1.54) is 34.9 Å². The van der Waals surface area contributed by atoms with E-state index in [-0.39, 0.29) is 18.8 Å². The summed E-state index contributed by atoms with van der Waals surface area (Å²) in [6, 6.07) is -7.37. The maximum atomic E-state index is 13.7. The van der Waals surface area contributed by atoms with Gasteiger partial charge in [0.2, 0.25) is 23.8 Å². The molecule has 0 aliphatic carbocycles. The minimum absolute atomic E-state index is 0.0404. The molecule has 0 aliphatic rings. The van der Waals surface area contributed by atoms with Crippen molar-refractivity contribution in [2.24, 2.45) is 11.8 Å². The predicted octanol–water partition coefficient (Wildman–Crippen LogP) is 0.0727. The summed E-state index contributed by atoms with van der Waals surface area (Å²) in [5.74, 6) is -6.70. The molecule has 1 unspecified atom stereocenters. The Balaban J connectivity index is 6.46. The van der Waals surface area contributed by atoms with Crippen molar-refractivity contribution in [3.05, 3.63) is 12.2 Å². The standard InChI is InChI=1S/C32H56N6O10/c1-12-14-15-19(5)25(40)23(37(10)22(39)16-18(3)4)27(42)34-20(13-2)28(43)38(11)24(30(45)46)29(44)36(9)21(17-32(6,7)48)26(41)35-31(47)33-8/h12,14,18-21,23-25,40,48H,13,15-17H2,1-11H3,(H,34,42)(H,45,46)(H2,33,35,41,47)/b14-12+/t19-,20+,21+,23+,24?,25-/m1/s1. The first-order chi connectivity index (χ1) is 22.1. The Kier molecular flexibility index (Phi) is 18.0. The number of amides is 7. The number of nitrogens with one attached hydrogen (secondary N) is 3. The molecule has 0 radical (unpaired) electrons. The van der Waals surface area contributed by atoms with E-state index in [1.807, 2.05) is 19.2 Å². The van der Waals surface area contributed by atoms with Crippen LogP contribution >= 0.6 is 0 Å². The van der Waals surface area contributed by atoms with Gasteiger partial charge >= 0.3 is 12.0 Å². The quantitative estimate of drug-likeness (QED) is 0.0842. The Morgan fingerprint density at radius 3 is 1.90 bits per heavy atom. The number of hydrogen-bond acceptors (Lipinski definition) is 9. The molecule has 0 rings (SSSR count). The predicted molar refractivity (Wildman–Crippen MR) is 177 cm³/mol. The van der Waals surface area contributed by atoms with Crippen LogP contribution in [0.15, 0.2) is 12.2 Å². The van der Waals surface area contributed by atoms with Crippen LogP contribution in [0.4, 0.5) is 4.79 Å².